The van der Waals surface area contributed by atoms with E-state index in [2.05, 4.69) is 13.8 Å². The lowest BCUT2D eigenvalue weighted by molar-refractivity contribution is -0.116. The first-order valence-electron chi connectivity index (χ1n) is 7.20. The number of rotatable bonds is 2. The lowest BCUT2D eigenvalue weighted by atomic mass is 9.67. The third-order valence-corrected chi connectivity index (χ3v) is 4.93. The largest absolute Gasteiger partial charge is 0.508 e. The van der Waals surface area contributed by atoms with Crippen LogP contribution in [-0.2, 0) is 11.2 Å². The Kier molecular flexibility index (Phi) is 2.77. The van der Waals surface area contributed by atoms with Gasteiger partial charge in [-0.1, -0.05) is 19.9 Å². The number of carbonyl (C=O) groups is 1. The Balaban J connectivity index is 2.26. The first kappa shape index (κ1) is 12.5. The molecule has 2 aliphatic rings. The van der Waals surface area contributed by atoms with Gasteiger partial charge in [-0.3, -0.25) is 4.79 Å². The highest BCUT2D eigenvalue weighted by Gasteiger charge is 2.46. The number of allylic oxidation sites excluding steroid dienone is 2. The molecule has 3 rings (SSSR count). The van der Waals surface area contributed by atoms with Crippen LogP contribution in [0, 0.1) is 5.41 Å². The van der Waals surface area contributed by atoms with Crippen LogP contribution < -0.4 is 0 Å². The van der Waals surface area contributed by atoms with Crippen LogP contribution in [0.25, 0.3) is 5.57 Å². The lowest BCUT2D eigenvalue weighted by Gasteiger charge is -2.36. The SMILES string of the molecule is CCC1=C2c3ccc(O)cc3CCC2(CC)CC1=O. The molecule has 0 heterocycles. The van der Waals surface area contributed by atoms with Crippen LogP contribution in [-0.4, -0.2) is 10.9 Å². The Morgan fingerprint density at radius 2 is 2.11 bits per heavy atom. The van der Waals surface area contributed by atoms with Crippen molar-refractivity contribution >= 4 is 11.4 Å². The predicted molar refractivity (Wildman–Crippen MR) is 76.0 cm³/mol. The molecule has 0 aromatic heterocycles. The zero-order chi connectivity index (χ0) is 13.6. The van der Waals surface area contributed by atoms with E-state index >= 15 is 0 Å². The van der Waals surface area contributed by atoms with E-state index in [1.54, 1.807) is 6.07 Å². The Bertz CT molecular complexity index is 583. The van der Waals surface area contributed by atoms with Gasteiger partial charge >= 0.3 is 0 Å². The fraction of sp³-hybridized carbons (Fsp3) is 0.471. The summed E-state index contributed by atoms with van der Waals surface area (Å²) in [5.41, 5.74) is 4.76. The summed E-state index contributed by atoms with van der Waals surface area (Å²) in [6.45, 7) is 4.26. The molecule has 0 aliphatic heterocycles. The Labute approximate surface area is 114 Å². The van der Waals surface area contributed by atoms with Crippen molar-refractivity contribution < 1.29 is 9.90 Å². The Morgan fingerprint density at radius 3 is 2.79 bits per heavy atom. The zero-order valence-corrected chi connectivity index (χ0v) is 11.6. The summed E-state index contributed by atoms with van der Waals surface area (Å²) >= 11 is 0. The fourth-order valence-corrected chi connectivity index (χ4v) is 3.88. The van der Waals surface area contributed by atoms with Gasteiger partial charge in [0.15, 0.2) is 5.78 Å². The van der Waals surface area contributed by atoms with Crippen LogP contribution in [0.3, 0.4) is 0 Å². The maximum atomic E-state index is 12.3. The maximum absolute atomic E-state index is 12.3. The quantitative estimate of drug-likeness (QED) is 0.872. The maximum Gasteiger partial charge on any atom is 0.160 e. The number of Topliss-reactive ketones (excluding diaryl/α,β-unsaturated/α-hetero) is 1. The average Bonchev–Trinajstić information content (AvgIpc) is 2.71. The van der Waals surface area contributed by atoms with Crippen molar-refractivity contribution in [1.82, 2.24) is 0 Å². The standard InChI is InChI=1S/C17H20O2/c1-3-13-15(19)10-17(4-2)8-7-11-9-12(18)5-6-14(11)16(13)17/h5-6,9,18H,3-4,7-8,10H2,1-2H3. The average molecular weight is 256 g/mol. The van der Waals surface area contributed by atoms with Crippen LogP contribution in [0.5, 0.6) is 5.75 Å². The van der Waals surface area contributed by atoms with Gasteiger partial charge in [-0.25, -0.2) is 0 Å². The van der Waals surface area contributed by atoms with E-state index in [4.69, 9.17) is 0 Å². The topological polar surface area (TPSA) is 37.3 Å². The second-order valence-corrected chi connectivity index (χ2v) is 5.78. The van der Waals surface area contributed by atoms with Crippen LogP contribution in [0.2, 0.25) is 0 Å². The van der Waals surface area contributed by atoms with Crippen molar-refractivity contribution in [3.05, 3.63) is 34.9 Å². The van der Waals surface area contributed by atoms with E-state index in [-0.39, 0.29) is 5.41 Å². The lowest BCUT2D eigenvalue weighted by Crippen LogP contribution is -2.25. The molecular formula is C17H20O2. The molecule has 0 bridgehead atoms. The minimum absolute atomic E-state index is 0.0619. The van der Waals surface area contributed by atoms with Gasteiger partial charge in [0, 0.05) is 11.8 Å². The number of phenols is 1. The Morgan fingerprint density at radius 1 is 1.32 bits per heavy atom. The molecule has 0 fully saturated rings. The smallest absolute Gasteiger partial charge is 0.160 e. The van der Waals surface area contributed by atoms with Gasteiger partial charge in [0.25, 0.3) is 0 Å². The summed E-state index contributed by atoms with van der Waals surface area (Å²) in [5, 5.41) is 9.64. The van der Waals surface area contributed by atoms with E-state index in [0.717, 1.165) is 31.3 Å². The number of benzene rings is 1. The zero-order valence-electron chi connectivity index (χ0n) is 11.6. The molecule has 0 spiro atoms. The van der Waals surface area contributed by atoms with Crippen LogP contribution in [0.4, 0.5) is 0 Å². The minimum atomic E-state index is 0.0619. The highest BCUT2D eigenvalue weighted by Crippen LogP contribution is 2.56. The third kappa shape index (κ3) is 1.66. The number of carbonyl (C=O) groups excluding carboxylic acids is 1. The van der Waals surface area contributed by atoms with E-state index in [1.807, 2.05) is 12.1 Å². The number of aryl methyl sites for hydroxylation is 1. The summed E-state index contributed by atoms with van der Waals surface area (Å²) in [6, 6.07) is 5.60. The minimum Gasteiger partial charge on any atom is -0.508 e. The normalized spacial score (nSPS) is 25.5. The molecule has 1 N–H and O–H groups in total. The van der Waals surface area contributed by atoms with Gasteiger partial charge in [0.1, 0.15) is 5.75 Å². The van der Waals surface area contributed by atoms with Crippen molar-refractivity contribution in [3.8, 4) is 5.75 Å². The number of aromatic hydroxyl groups is 1. The monoisotopic (exact) mass is 256 g/mol. The number of phenolic OH excluding ortho intramolecular Hbond substituents is 1. The molecular weight excluding hydrogens is 236 g/mol. The van der Waals surface area contributed by atoms with Gasteiger partial charge in [-0.15, -0.1) is 0 Å². The molecule has 1 unspecified atom stereocenters. The summed E-state index contributed by atoms with van der Waals surface area (Å²) in [4.78, 5) is 12.3. The molecule has 0 saturated heterocycles. The molecule has 2 aliphatic carbocycles. The summed E-state index contributed by atoms with van der Waals surface area (Å²) in [5.74, 6) is 0.658. The number of hydrogen-bond acceptors (Lipinski definition) is 2. The second kappa shape index (κ2) is 4.22. The van der Waals surface area contributed by atoms with Crippen molar-refractivity contribution in [3.63, 3.8) is 0 Å². The van der Waals surface area contributed by atoms with Crippen LogP contribution in [0.1, 0.15) is 50.7 Å². The molecule has 0 radical (unpaired) electrons. The van der Waals surface area contributed by atoms with Gasteiger partial charge in [-0.05, 0) is 60.1 Å². The summed E-state index contributed by atoms with van der Waals surface area (Å²) in [6.07, 6.45) is 4.52. The van der Waals surface area contributed by atoms with Crippen molar-refractivity contribution in [2.45, 2.75) is 46.0 Å². The van der Waals surface area contributed by atoms with E-state index in [1.165, 1.54) is 16.7 Å². The summed E-state index contributed by atoms with van der Waals surface area (Å²) in [7, 11) is 0. The number of ketones is 1. The first-order valence-corrected chi connectivity index (χ1v) is 7.20. The van der Waals surface area contributed by atoms with E-state index in [0.29, 0.717) is 18.0 Å². The van der Waals surface area contributed by atoms with Gasteiger partial charge in [0.2, 0.25) is 0 Å². The van der Waals surface area contributed by atoms with Gasteiger partial charge < -0.3 is 5.11 Å². The van der Waals surface area contributed by atoms with Crippen molar-refractivity contribution in [2.24, 2.45) is 5.41 Å². The molecule has 0 amide bonds. The molecule has 19 heavy (non-hydrogen) atoms. The highest BCUT2D eigenvalue weighted by molar-refractivity contribution is 6.09. The molecule has 2 heteroatoms. The van der Waals surface area contributed by atoms with Gasteiger partial charge in [0.05, 0.1) is 0 Å². The van der Waals surface area contributed by atoms with Crippen LogP contribution >= 0.6 is 0 Å². The third-order valence-electron chi connectivity index (χ3n) is 4.93. The number of fused-ring (bicyclic) bond motifs is 3. The first-order chi connectivity index (χ1) is 9.11. The molecule has 0 saturated carbocycles. The molecule has 1 atom stereocenters. The number of hydrogen-bond donors (Lipinski definition) is 1. The van der Waals surface area contributed by atoms with E-state index in [9.17, 15) is 9.90 Å². The van der Waals surface area contributed by atoms with Crippen molar-refractivity contribution in [1.29, 1.82) is 0 Å². The fourth-order valence-electron chi connectivity index (χ4n) is 3.88. The van der Waals surface area contributed by atoms with E-state index < -0.39 is 0 Å². The van der Waals surface area contributed by atoms with Crippen molar-refractivity contribution in [2.75, 3.05) is 0 Å². The predicted octanol–water partition coefficient (Wildman–Crippen LogP) is 3.87. The molecule has 1 aromatic carbocycles. The van der Waals surface area contributed by atoms with Crippen LogP contribution in [0.15, 0.2) is 23.8 Å². The molecule has 2 nitrogen and oxygen atoms in total. The summed E-state index contributed by atoms with van der Waals surface area (Å²) < 4.78 is 0. The highest BCUT2D eigenvalue weighted by atomic mass is 16.3. The molecule has 100 valence electrons. The second-order valence-electron chi connectivity index (χ2n) is 5.78. The Hall–Kier alpha value is -1.57. The molecule has 1 aromatic rings. The van der Waals surface area contributed by atoms with Gasteiger partial charge in [-0.2, -0.15) is 0 Å².